The Balaban J connectivity index is 2.04. The van der Waals surface area contributed by atoms with Crippen LogP contribution in [0.4, 0.5) is 5.69 Å². The van der Waals surface area contributed by atoms with Gasteiger partial charge in [-0.25, -0.2) is 8.42 Å². The number of hydrogen-bond acceptors (Lipinski definition) is 4. The molecule has 1 atom stereocenters. The zero-order valence-electron chi connectivity index (χ0n) is 21.2. The lowest BCUT2D eigenvalue weighted by atomic mass is 10.1. The maximum Gasteiger partial charge on any atom is 0.264 e. The minimum Gasteiger partial charge on any atom is -0.355 e. The predicted octanol–water partition coefficient (Wildman–Crippen LogP) is 4.74. The highest BCUT2D eigenvalue weighted by atomic mass is 127. The number of nitrogens with zero attached hydrogens (tertiary/aromatic N) is 2. The standard InChI is InChI=1S/C28H32IN3O4S/c1-4-26(28(34)30-5-2)31(19-22-11-9-10-21(3)18-22)27(33)20-32(24-16-14-23(29)15-17-24)37(35,36)25-12-7-6-8-13-25/h6-18,26H,4-5,19-20H2,1-3H3,(H,30,34). The maximum atomic E-state index is 13.9. The first-order valence-electron chi connectivity index (χ1n) is 12.1. The monoisotopic (exact) mass is 633 g/mol. The Kier molecular flexibility index (Phi) is 10.1. The van der Waals surface area contributed by atoms with E-state index in [1.807, 2.05) is 45.0 Å². The summed E-state index contributed by atoms with van der Waals surface area (Å²) < 4.78 is 29.5. The van der Waals surface area contributed by atoms with E-state index in [2.05, 4.69) is 27.9 Å². The minimum absolute atomic E-state index is 0.0855. The van der Waals surface area contributed by atoms with E-state index in [0.29, 0.717) is 18.7 Å². The van der Waals surface area contributed by atoms with Gasteiger partial charge in [0.15, 0.2) is 0 Å². The number of rotatable bonds is 11. The van der Waals surface area contributed by atoms with Crippen LogP contribution in [0.25, 0.3) is 0 Å². The van der Waals surface area contributed by atoms with Crippen molar-refractivity contribution >= 4 is 50.1 Å². The zero-order chi connectivity index (χ0) is 27.0. The van der Waals surface area contributed by atoms with Crippen LogP contribution in [0.2, 0.25) is 0 Å². The van der Waals surface area contributed by atoms with Gasteiger partial charge in [-0.3, -0.25) is 13.9 Å². The molecule has 0 fully saturated rings. The number of carbonyl (C=O) groups is 2. The largest absolute Gasteiger partial charge is 0.355 e. The molecule has 1 N–H and O–H groups in total. The molecule has 7 nitrogen and oxygen atoms in total. The van der Waals surface area contributed by atoms with Crippen molar-refractivity contribution in [3.05, 3.63) is 93.6 Å². The van der Waals surface area contributed by atoms with Crippen LogP contribution < -0.4 is 9.62 Å². The summed E-state index contributed by atoms with van der Waals surface area (Å²) in [6.07, 6.45) is 0.387. The average molecular weight is 634 g/mol. The lowest BCUT2D eigenvalue weighted by molar-refractivity contribution is -0.140. The summed E-state index contributed by atoms with van der Waals surface area (Å²) in [7, 11) is -4.06. The van der Waals surface area contributed by atoms with Gasteiger partial charge in [-0.05, 0) is 84.8 Å². The normalized spacial score (nSPS) is 12.0. The fourth-order valence-electron chi connectivity index (χ4n) is 4.07. The molecule has 0 spiro atoms. The third kappa shape index (κ3) is 7.32. The summed E-state index contributed by atoms with van der Waals surface area (Å²) >= 11 is 2.14. The number of hydrogen-bond donors (Lipinski definition) is 1. The molecule has 3 rings (SSSR count). The molecule has 3 aromatic rings. The lowest BCUT2D eigenvalue weighted by Gasteiger charge is -2.33. The molecular formula is C28H32IN3O4S. The second-order valence-corrected chi connectivity index (χ2v) is 11.7. The van der Waals surface area contributed by atoms with E-state index in [1.165, 1.54) is 17.0 Å². The molecule has 0 aliphatic heterocycles. The first kappa shape index (κ1) is 28.6. The molecule has 37 heavy (non-hydrogen) atoms. The van der Waals surface area contributed by atoms with E-state index in [1.54, 1.807) is 42.5 Å². The van der Waals surface area contributed by atoms with Gasteiger partial charge in [-0.15, -0.1) is 0 Å². The molecule has 0 saturated heterocycles. The highest BCUT2D eigenvalue weighted by Crippen LogP contribution is 2.25. The first-order valence-corrected chi connectivity index (χ1v) is 14.6. The molecule has 0 saturated carbocycles. The van der Waals surface area contributed by atoms with Crippen molar-refractivity contribution in [2.45, 2.75) is 44.7 Å². The van der Waals surface area contributed by atoms with Gasteiger partial charge >= 0.3 is 0 Å². The number of halogens is 1. The van der Waals surface area contributed by atoms with Crippen molar-refractivity contribution in [3.63, 3.8) is 0 Å². The Morgan fingerprint density at radius 1 is 0.946 bits per heavy atom. The Morgan fingerprint density at radius 2 is 1.62 bits per heavy atom. The number of benzene rings is 3. The van der Waals surface area contributed by atoms with Crippen LogP contribution >= 0.6 is 22.6 Å². The van der Waals surface area contributed by atoms with Crippen LogP contribution in [0.1, 0.15) is 31.4 Å². The third-order valence-electron chi connectivity index (χ3n) is 5.90. The summed E-state index contributed by atoms with van der Waals surface area (Å²) in [6.45, 7) is 5.79. The van der Waals surface area contributed by atoms with Crippen LogP contribution in [-0.4, -0.2) is 44.3 Å². The average Bonchev–Trinajstić information content (AvgIpc) is 2.88. The fourth-order valence-corrected chi connectivity index (χ4v) is 5.87. The van der Waals surface area contributed by atoms with Crippen molar-refractivity contribution in [1.29, 1.82) is 0 Å². The molecule has 2 amide bonds. The quantitative estimate of drug-likeness (QED) is 0.310. The molecule has 0 aliphatic rings. The summed E-state index contributed by atoms with van der Waals surface area (Å²) in [5.41, 5.74) is 2.27. The van der Waals surface area contributed by atoms with Crippen molar-refractivity contribution in [2.24, 2.45) is 0 Å². The third-order valence-corrected chi connectivity index (χ3v) is 8.40. The van der Waals surface area contributed by atoms with Gasteiger partial charge < -0.3 is 10.2 Å². The van der Waals surface area contributed by atoms with Crippen LogP contribution in [0.5, 0.6) is 0 Å². The molecule has 1 unspecified atom stereocenters. The summed E-state index contributed by atoms with van der Waals surface area (Å²) in [6, 6.07) is 22.0. The van der Waals surface area contributed by atoms with E-state index >= 15 is 0 Å². The van der Waals surface area contributed by atoms with Crippen LogP contribution in [-0.2, 0) is 26.2 Å². The Hall–Kier alpha value is -2.92. The minimum atomic E-state index is -4.06. The zero-order valence-corrected chi connectivity index (χ0v) is 24.2. The summed E-state index contributed by atoms with van der Waals surface area (Å²) in [5, 5.41) is 2.81. The van der Waals surface area contributed by atoms with Gasteiger partial charge in [0.25, 0.3) is 10.0 Å². The number of nitrogens with one attached hydrogen (secondary N) is 1. The number of amides is 2. The molecule has 9 heteroatoms. The van der Waals surface area contributed by atoms with Gasteiger partial charge in [-0.2, -0.15) is 0 Å². The van der Waals surface area contributed by atoms with Gasteiger partial charge in [0, 0.05) is 16.7 Å². The second kappa shape index (κ2) is 13.0. The predicted molar refractivity (Wildman–Crippen MR) is 155 cm³/mol. The van der Waals surface area contributed by atoms with Crippen molar-refractivity contribution < 1.29 is 18.0 Å². The van der Waals surface area contributed by atoms with Crippen molar-refractivity contribution in [3.8, 4) is 0 Å². The highest BCUT2D eigenvalue weighted by Gasteiger charge is 2.33. The highest BCUT2D eigenvalue weighted by molar-refractivity contribution is 14.1. The molecule has 3 aromatic carbocycles. The number of likely N-dealkylation sites (N-methyl/N-ethyl adjacent to an activating group) is 1. The number of sulfonamides is 1. The van der Waals surface area contributed by atoms with Gasteiger partial charge in [-0.1, -0.05) is 55.0 Å². The molecule has 0 radical (unpaired) electrons. The van der Waals surface area contributed by atoms with Crippen LogP contribution in [0.3, 0.4) is 0 Å². The molecule has 0 aromatic heterocycles. The van der Waals surface area contributed by atoms with Crippen LogP contribution in [0, 0.1) is 10.5 Å². The second-order valence-electron chi connectivity index (χ2n) is 8.63. The van der Waals surface area contributed by atoms with Gasteiger partial charge in [0.05, 0.1) is 10.6 Å². The fraction of sp³-hybridized carbons (Fsp3) is 0.286. The van der Waals surface area contributed by atoms with Crippen LogP contribution in [0.15, 0.2) is 83.8 Å². The number of anilines is 1. The molecule has 0 aliphatic carbocycles. The van der Waals surface area contributed by atoms with E-state index in [4.69, 9.17) is 0 Å². The van der Waals surface area contributed by atoms with Gasteiger partial charge in [0.2, 0.25) is 11.8 Å². The molecular weight excluding hydrogens is 601 g/mol. The topological polar surface area (TPSA) is 86.8 Å². The van der Waals surface area contributed by atoms with E-state index in [0.717, 1.165) is 19.0 Å². The Labute approximate surface area is 233 Å². The SMILES string of the molecule is CCNC(=O)C(CC)N(Cc1cccc(C)c1)C(=O)CN(c1ccc(I)cc1)S(=O)(=O)c1ccccc1. The first-order chi connectivity index (χ1) is 17.7. The Morgan fingerprint density at radius 3 is 2.22 bits per heavy atom. The molecule has 196 valence electrons. The molecule has 0 heterocycles. The summed E-state index contributed by atoms with van der Waals surface area (Å²) in [5.74, 6) is -0.726. The van der Waals surface area contributed by atoms with E-state index in [-0.39, 0.29) is 17.3 Å². The van der Waals surface area contributed by atoms with E-state index in [9.17, 15) is 18.0 Å². The Bertz CT molecular complexity index is 1310. The van der Waals surface area contributed by atoms with E-state index < -0.39 is 28.5 Å². The molecule has 0 bridgehead atoms. The lowest BCUT2D eigenvalue weighted by Crippen LogP contribution is -2.52. The van der Waals surface area contributed by atoms with Crippen molar-refractivity contribution in [2.75, 3.05) is 17.4 Å². The van der Waals surface area contributed by atoms with Gasteiger partial charge in [0.1, 0.15) is 12.6 Å². The maximum absolute atomic E-state index is 13.9. The summed E-state index contributed by atoms with van der Waals surface area (Å²) in [4.78, 5) is 28.4. The number of aryl methyl sites for hydroxylation is 1. The van der Waals surface area contributed by atoms with Crippen molar-refractivity contribution in [1.82, 2.24) is 10.2 Å². The number of carbonyl (C=O) groups excluding carboxylic acids is 2. The smallest absolute Gasteiger partial charge is 0.264 e.